The van der Waals surface area contributed by atoms with Crippen molar-refractivity contribution >= 4 is 37.5 Å². The van der Waals surface area contributed by atoms with Gasteiger partial charge in [0.2, 0.25) is 10.0 Å². The van der Waals surface area contributed by atoms with Gasteiger partial charge in [-0.2, -0.15) is 4.31 Å². The molecule has 1 N–H and O–H groups in total. The summed E-state index contributed by atoms with van der Waals surface area (Å²) in [6.45, 7) is 1.13. The first-order valence-corrected chi connectivity index (χ1v) is 10.9. The van der Waals surface area contributed by atoms with Crippen LogP contribution in [0.3, 0.4) is 0 Å². The molecule has 0 aliphatic carbocycles. The Balaban J connectivity index is 1.72. The zero-order valence-corrected chi connectivity index (χ0v) is 17.3. The van der Waals surface area contributed by atoms with Crippen LogP contribution >= 0.6 is 15.9 Å². The second-order valence-electron chi connectivity index (χ2n) is 6.29. The summed E-state index contributed by atoms with van der Waals surface area (Å²) in [5.74, 6) is 0.351. The molecule has 1 amide bonds. The van der Waals surface area contributed by atoms with Crippen LogP contribution in [0.5, 0.6) is 5.75 Å². The molecule has 0 saturated carbocycles. The van der Waals surface area contributed by atoms with E-state index in [0.717, 1.165) is 19.3 Å². The van der Waals surface area contributed by atoms with Crippen molar-refractivity contribution in [2.75, 3.05) is 25.5 Å². The van der Waals surface area contributed by atoms with Gasteiger partial charge in [-0.25, -0.2) is 8.42 Å². The molecule has 1 aliphatic rings. The average Bonchev–Trinajstić information content (AvgIpc) is 2.69. The van der Waals surface area contributed by atoms with Crippen LogP contribution in [0.25, 0.3) is 0 Å². The van der Waals surface area contributed by atoms with Crippen molar-refractivity contribution in [1.82, 2.24) is 4.31 Å². The van der Waals surface area contributed by atoms with E-state index in [-0.39, 0.29) is 10.8 Å². The number of hydrogen-bond acceptors (Lipinski definition) is 4. The Morgan fingerprint density at radius 1 is 1.07 bits per heavy atom. The Morgan fingerprint density at radius 3 is 2.33 bits per heavy atom. The smallest absolute Gasteiger partial charge is 0.255 e. The quantitative estimate of drug-likeness (QED) is 0.746. The number of nitrogens with zero attached hydrogens (tertiary/aromatic N) is 1. The highest BCUT2D eigenvalue weighted by Gasteiger charge is 2.25. The number of hydrogen-bond donors (Lipinski definition) is 1. The lowest BCUT2D eigenvalue weighted by atomic mass is 10.2. The third-order valence-corrected chi connectivity index (χ3v) is 7.01. The van der Waals surface area contributed by atoms with Crippen LogP contribution in [0.1, 0.15) is 29.6 Å². The van der Waals surface area contributed by atoms with Crippen molar-refractivity contribution in [1.29, 1.82) is 0 Å². The molecule has 6 nitrogen and oxygen atoms in total. The average molecular weight is 453 g/mol. The number of carbonyl (C=O) groups excluding carboxylic acids is 1. The summed E-state index contributed by atoms with van der Waals surface area (Å²) in [7, 11) is -1.92. The van der Waals surface area contributed by atoms with Gasteiger partial charge in [0.25, 0.3) is 5.91 Å². The first-order valence-electron chi connectivity index (χ1n) is 8.67. The number of sulfonamides is 1. The van der Waals surface area contributed by atoms with E-state index in [1.54, 1.807) is 37.4 Å². The fourth-order valence-corrected chi connectivity index (χ4v) is 5.03. The monoisotopic (exact) mass is 452 g/mol. The maximum absolute atomic E-state index is 12.7. The van der Waals surface area contributed by atoms with Gasteiger partial charge in [0, 0.05) is 24.3 Å². The molecule has 0 bridgehead atoms. The number of anilines is 1. The van der Waals surface area contributed by atoms with Crippen LogP contribution in [0.2, 0.25) is 0 Å². The fraction of sp³-hybridized carbons (Fsp3) is 0.316. The van der Waals surface area contributed by atoms with E-state index in [1.165, 1.54) is 16.4 Å². The molecule has 0 aromatic heterocycles. The number of methoxy groups -OCH3 is 1. The normalized spacial score (nSPS) is 15.3. The Hall–Kier alpha value is -1.90. The molecule has 1 saturated heterocycles. The Kier molecular flexibility index (Phi) is 6.18. The van der Waals surface area contributed by atoms with Crippen molar-refractivity contribution in [3.05, 3.63) is 52.5 Å². The third-order valence-electron chi connectivity index (χ3n) is 4.48. The van der Waals surface area contributed by atoms with Crippen LogP contribution < -0.4 is 10.1 Å². The highest BCUT2D eigenvalue weighted by molar-refractivity contribution is 9.10. The number of halogens is 1. The Morgan fingerprint density at radius 2 is 1.74 bits per heavy atom. The molecule has 2 aromatic carbocycles. The molecular weight excluding hydrogens is 432 g/mol. The summed E-state index contributed by atoms with van der Waals surface area (Å²) in [6.07, 6.45) is 2.86. The maximum atomic E-state index is 12.7. The Labute approximate surface area is 167 Å². The highest BCUT2D eigenvalue weighted by atomic mass is 79.9. The largest absolute Gasteiger partial charge is 0.496 e. The summed E-state index contributed by atoms with van der Waals surface area (Å²) in [5, 5.41) is 2.77. The molecule has 0 unspecified atom stereocenters. The van der Waals surface area contributed by atoms with E-state index >= 15 is 0 Å². The lowest BCUT2D eigenvalue weighted by Crippen LogP contribution is -2.35. The lowest BCUT2D eigenvalue weighted by Gasteiger charge is -2.25. The summed E-state index contributed by atoms with van der Waals surface area (Å²) < 4.78 is 32.7. The van der Waals surface area contributed by atoms with Gasteiger partial charge in [-0.1, -0.05) is 6.42 Å². The van der Waals surface area contributed by atoms with Crippen molar-refractivity contribution in [3.63, 3.8) is 0 Å². The van der Waals surface area contributed by atoms with E-state index in [1.807, 2.05) is 0 Å². The van der Waals surface area contributed by atoms with E-state index in [2.05, 4.69) is 21.2 Å². The van der Waals surface area contributed by atoms with Crippen LogP contribution in [-0.2, 0) is 10.0 Å². The molecule has 2 aromatic rings. The molecular formula is C19H21BrN2O4S. The minimum atomic E-state index is -3.47. The number of piperidine rings is 1. The van der Waals surface area contributed by atoms with Gasteiger partial charge in [0.15, 0.2) is 0 Å². The number of rotatable bonds is 5. The van der Waals surface area contributed by atoms with Gasteiger partial charge < -0.3 is 10.1 Å². The number of ether oxygens (including phenoxy) is 1. The van der Waals surface area contributed by atoms with Crippen molar-refractivity contribution in [2.24, 2.45) is 0 Å². The second-order valence-corrected chi connectivity index (χ2v) is 9.08. The number of amides is 1. The molecule has 1 fully saturated rings. The first kappa shape index (κ1) is 19.9. The van der Waals surface area contributed by atoms with Crippen LogP contribution in [0.15, 0.2) is 51.8 Å². The second kappa shape index (κ2) is 8.41. The van der Waals surface area contributed by atoms with E-state index in [0.29, 0.717) is 34.6 Å². The van der Waals surface area contributed by atoms with Gasteiger partial charge >= 0.3 is 0 Å². The summed E-state index contributed by atoms with van der Waals surface area (Å²) >= 11 is 3.35. The molecule has 0 radical (unpaired) electrons. The SMILES string of the molecule is COc1ccc(C(=O)Nc2ccc(S(=O)(=O)N3CCCCC3)cc2)cc1Br. The summed E-state index contributed by atoms with van der Waals surface area (Å²) in [5.41, 5.74) is 0.997. The van der Waals surface area contributed by atoms with Gasteiger partial charge in [-0.3, -0.25) is 4.79 Å². The van der Waals surface area contributed by atoms with E-state index in [9.17, 15) is 13.2 Å². The lowest BCUT2D eigenvalue weighted by molar-refractivity contribution is 0.102. The molecule has 1 aliphatic heterocycles. The standard InChI is InChI=1S/C19H21BrN2O4S/c1-26-18-10-5-14(13-17(18)20)19(23)21-15-6-8-16(9-7-15)27(24,25)22-11-3-2-4-12-22/h5-10,13H,2-4,11-12H2,1H3,(H,21,23). The van der Waals surface area contributed by atoms with Gasteiger partial charge in [-0.15, -0.1) is 0 Å². The van der Waals surface area contributed by atoms with Gasteiger partial charge in [0.05, 0.1) is 16.5 Å². The minimum Gasteiger partial charge on any atom is -0.496 e. The van der Waals surface area contributed by atoms with Crippen LogP contribution in [0.4, 0.5) is 5.69 Å². The zero-order valence-electron chi connectivity index (χ0n) is 14.9. The predicted octanol–water partition coefficient (Wildman–Crippen LogP) is 3.88. The number of benzene rings is 2. The zero-order chi connectivity index (χ0) is 19.4. The molecule has 0 spiro atoms. The van der Waals surface area contributed by atoms with Gasteiger partial charge in [-0.05, 0) is 71.2 Å². The topological polar surface area (TPSA) is 75.7 Å². The third kappa shape index (κ3) is 4.51. The first-order chi connectivity index (χ1) is 12.9. The molecule has 27 heavy (non-hydrogen) atoms. The summed E-state index contributed by atoms with van der Waals surface area (Å²) in [6, 6.07) is 11.3. The molecule has 1 heterocycles. The van der Waals surface area contributed by atoms with Gasteiger partial charge in [0.1, 0.15) is 5.75 Å². The molecule has 144 valence electrons. The van der Waals surface area contributed by atoms with Crippen molar-refractivity contribution in [2.45, 2.75) is 24.2 Å². The van der Waals surface area contributed by atoms with Crippen molar-refractivity contribution < 1.29 is 17.9 Å². The molecule has 0 atom stereocenters. The molecule has 3 rings (SSSR count). The summed E-state index contributed by atoms with van der Waals surface area (Å²) in [4.78, 5) is 12.6. The molecule has 8 heteroatoms. The van der Waals surface area contributed by atoms with Crippen molar-refractivity contribution in [3.8, 4) is 5.75 Å². The Bertz CT molecular complexity index is 923. The fourth-order valence-electron chi connectivity index (χ4n) is 2.98. The van der Waals surface area contributed by atoms with Crippen LogP contribution in [-0.4, -0.2) is 38.8 Å². The van der Waals surface area contributed by atoms with E-state index < -0.39 is 10.0 Å². The highest BCUT2D eigenvalue weighted by Crippen LogP contribution is 2.26. The minimum absolute atomic E-state index is 0.245. The number of nitrogens with one attached hydrogen (secondary N) is 1. The van der Waals surface area contributed by atoms with E-state index in [4.69, 9.17) is 4.74 Å². The predicted molar refractivity (Wildman–Crippen MR) is 108 cm³/mol. The maximum Gasteiger partial charge on any atom is 0.255 e. The number of carbonyl (C=O) groups is 1. The van der Waals surface area contributed by atoms with Crippen LogP contribution in [0, 0.1) is 0 Å².